The van der Waals surface area contributed by atoms with Crippen molar-refractivity contribution in [1.29, 1.82) is 5.26 Å². The minimum Gasteiger partial charge on any atom is -0.302 e. The van der Waals surface area contributed by atoms with Crippen molar-refractivity contribution in [3.8, 4) is 6.07 Å². The fourth-order valence-electron chi connectivity index (χ4n) is 1.95. The summed E-state index contributed by atoms with van der Waals surface area (Å²) in [5.74, 6) is -0.827. The molecule has 0 fully saturated rings. The number of nitro benzene ring substituents is 1. The first-order valence-corrected chi connectivity index (χ1v) is 7.34. The molecule has 0 radical (unpaired) electrons. The highest BCUT2D eigenvalue weighted by molar-refractivity contribution is 7.99. The molecule has 0 aromatic heterocycles. The van der Waals surface area contributed by atoms with Crippen molar-refractivity contribution in [2.75, 3.05) is 0 Å². The fourth-order valence-corrected chi connectivity index (χ4v) is 3.12. The molecule has 0 aliphatic rings. The molecule has 0 aliphatic carbocycles. The molecule has 2 rings (SSSR count). The van der Waals surface area contributed by atoms with Gasteiger partial charge in [-0.15, -0.1) is 11.8 Å². The van der Waals surface area contributed by atoms with Gasteiger partial charge in [-0.3, -0.25) is 10.1 Å². The van der Waals surface area contributed by atoms with Crippen LogP contribution in [0.1, 0.15) is 10.8 Å². The van der Waals surface area contributed by atoms with Gasteiger partial charge in [0.25, 0.3) is 5.69 Å². The van der Waals surface area contributed by atoms with Crippen molar-refractivity contribution >= 4 is 23.7 Å². The molecule has 5 nitrogen and oxygen atoms in total. The zero-order chi connectivity index (χ0) is 15.9. The minimum atomic E-state index is -0.827. The number of nitrogens with zero attached hydrogens (tertiary/aromatic N) is 2. The average molecular weight is 312 g/mol. The van der Waals surface area contributed by atoms with Crippen LogP contribution < -0.4 is 0 Å². The van der Waals surface area contributed by atoms with Crippen LogP contribution in [-0.2, 0) is 4.79 Å². The molecule has 0 unspecified atom stereocenters. The van der Waals surface area contributed by atoms with Gasteiger partial charge in [0.15, 0.2) is 0 Å². The number of aldehydes is 1. The van der Waals surface area contributed by atoms with E-state index in [0.29, 0.717) is 11.8 Å². The van der Waals surface area contributed by atoms with E-state index in [4.69, 9.17) is 0 Å². The second kappa shape index (κ2) is 7.38. The Bertz CT molecular complexity index is 696. The summed E-state index contributed by atoms with van der Waals surface area (Å²) in [6, 6.07) is 17.3. The number of non-ortho nitro benzene ring substituents is 1. The van der Waals surface area contributed by atoms with Crippen LogP contribution in [0.2, 0.25) is 0 Å². The lowest BCUT2D eigenvalue weighted by Crippen LogP contribution is -2.09. The summed E-state index contributed by atoms with van der Waals surface area (Å²) in [5, 5.41) is 19.5. The molecule has 0 aliphatic heterocycles. The number of thioether (sulfide) groups is 1. The van der Waals surface area contributed by atoms with Crippen LogP contribution >= 0.6 is 11.8 Å². The number of carbonyl (C=O) groups is 1. The van der Waals surface area contributed by atoms with E-state index < -0.39 is 16.1 Å². The zero-order valence-electron chi connectivity index (χ0n) is 11.5. The van der Waals surface area contributed by atoms with Crippen LogP contribution in [0.25, 0.3) is 0 Å². The highest BCUT2D eigenvalue weighted by atomic mass is 32.2. The Morgan fingerprint density at radius 3 is 2.27 bits per heavy atom. The monoisotopic (exact) mass is 312 g/mol. The van der Waals surface area contributed by atoms with E-state index in [1.165, 1.54) is 23.9 Å². The number of hydrogen-bond acceptors (Lipinski definition) is 5. The molecule has 2 atom stereocenters. The molecule has 2 aromatic carbocycles. The van der Waals surface area contributed by atoms with Crippen LogP contribution in [0.5, 0.6) is 0 Å². The van der Waals surface area contributed by atoms with E-state index in [-0.39, 0.29) is 5.69 Å². The number of rotatable bonds is 6. The molecular formula is C16H12N2O3S. The number of hydrogen-bond donors (Lipinski definition) is 0. The maximum Gasteiger partial charge on any atom is 0.269 e. The van der Waals surface area contributed by atoms with E-state index >= 15 is 0 Å². The Kier molecular flexibility index (Phi) is 5.28. The fraction of sp³-hybridized carbons (Fsp3) is 0.125. The largest absolute Gasteiger partial charge is 0.302 e. The Morgan fingerprint density at radius 1 is 1.14 bits per heavy atom. The van der Waals surface area contributed by atoms with Crippen molar-refractivity contribution in [2.45, 2.75) is 10.1 Å². The Labute approximate surface area is 131 Å². The van der Waals surface area contributed by atoms with Gasteiger partial charge in [0.2, 0.25) is 0 Å². The molecule has 0 N–H and O–H groups in total. The Balaban J connectivity index is 2.33. The molecule has 0 bridgehead atoms. The topological polar surface area (TPSA) is 84.0 Å². The molecule has 0 saturated heterocycles. The van der Waals surface area contributed by atoms with Crippen molar-refractivity contribution in [1.82, 2.24) is 0 Å². The maximum absolute atomic E-state index is 11.2. The van der Waals surface area contributed by atoms with Crippen LogP contribution in [0, 0.1) is 27.4 Å². The molecule has 6 heteroatoms. The van der Waals surface area contributed by atoms with Gasteiger partial charge in [-0.25, -0.2) is 0 Å². The van der Waals surface area contributed by atoms with Crippen LogP contribution in [0.3, 0.4) is 0 Å². The first kappa shape index (κ1) is 15.7. The minimum absolute atomic E-state index is 0.0215. The summed E-state index contributed by atoms with van der Waals surface area (Å²) in [7, 11) is 0. The summed E-state index contributed by atoms with van der Waals surface area (Å²) in [5.41, 5.74) is 0.685. The van der Waals surface area contributed by atoms with Gasteiger partial charge in [-0.1, -0.05) is 30.3 Å². The van der Waals surface area contributed by atoms with E-state index in [1.807, 2.05) is 36.4 Å². The third-order valence-electron chi connectivity index (χ3n) is 3.06. The van der Waals surface area contributed by atoms with Crippen LogP contribution in [0.4, 0.5) is 5.69 Å². The van der Waals surface area contributed by atoms with E-state index in [1.54, 1.807) is 12.1 Å². The second-order valence-corrected chi connectivity index (χ2v) is 5.71. The van der Waals surface area contributed by atoms with E-state index in [0.717, 1.165) is 4.90 Å². The summed E-state index contributed by atoms with van der Waals surface area (Å²) in [4.78, 5) is 22.3. The first-order chi connectivity index (χ1) is 10.7. The number of nitriles is 1. The number of benzene rings is 2. The quantitative estimate of drug-likeness (QED) is 0.351. The summed E-state index contributed by atoms with van der Waals surface area (Å²) in [6.45, 7) is 0. The lowest BCUT2D eigenvalue weighted by Gasteiger charge is -2.18. The molecule has 0 saturated carbocycles. The molecule has 0 amide bonds. The van der Waals surface area contributed by atoms with Crippen LogP contribution in [-0.4, -0.2) is 11.2 Å². The van der Waals surface area contributed by atoms with Gasteiger partial charge < -0.3 is 4.79 Å². The molecule has 0 spiro atoms. The van der Waals surface area contributed by atoms with Crippen molar-refractivity contribution in [3.05, 3.63) is 70.3 Å². The van der Waals surface area contributed by atoms with Gasteiger partial charge in [-0.05, 0) is 17.7 Å². The van der Waals surface area contributed by atoms with Crippen molar-refractivity contribution in [2.24, 2.45) is 5.92 Å². The van der Waals surface area contributed by atoms with E-state index in [9.17, 15) is 20.2 Å². The van der Waals surface area contributed by atoms with Gasteiger partial charge in [-0.2, -0.15) is 5.26 Å². The number of carbonyl (C=O) groups excluding carboxylic acids is 1. The highest BCUT2D eigenvalue weighted by Gasteiger charge is 2.24. The Morgan fingerprint density at radius 2 is 1.77 bits per heavy atom. The third kappa shape index (κ3) is 3.71. The normalized spacial score (nSPS) is 12.9. The average Bonchev–Trinajstić information content (AvgIpc) is 2.56. The van der Waals surface area contributed by atoms with E-state index in [2.05, 4.69) is 0 Å². The van der Waals surface area contributed by atoms with Gasteiger partial charge >= 0.3 is 0 Å². The summed E-state index contributed by atoms with van der Waals surface area (Å²) < 4.78 is 0. The highest BCUT2D eigenvalue weighted by Crippen LogP contribution is 2.40. The van der Waals surface area contributed by atoms with Gasteiger partial charge in [0.1, 0.15) is 12.2 Å². The SMILES string of the molecule is N#C[C@H](C=O)[C@H](Sc1ccccc1)c1ccc([N+](=O)[O-])cc1. The summed E-state index contributed by atoms with van der Waals surface area (Å²) in [6.07, 6.45) is 0.613. The van der Waals surface area contributed by atoms with Gasteiger partial charge in [0, 0.05) is 17.0 Å². The first-order valence-electron chi connectivity index (χ1n) is 6.46. The zero-order valence-corrected chi connectivity index (χ0v) is 12.3. The van der Waals surface area contributed by atoms with Crippen LogP contribution in [0.15, 0.2) is 59.5 Å². The van der Waals surface area contributed by atoms with Gasteiger partial charge in [0.05, 0.1) is 16.2 Å². The number of nitro groups is 1. The molecule has 2 aromatic rings. The maximum atomic E-state index is 11.2. The van der Waals surface area contributed by atoms with Crippen molar-refractivity contribution < 1.29 is 9.72 Å². The Hall–Kier alpha value is -2.65. The predicted molar refractivity (Wildman–Crippen MR) is 83.3 cm³/mol. The smallest absolute Gasteiger partial charge is 0.269 e. The second-order valence-electron chi connectivity index (χ2n) is 4.49. The lowest BCUT2D eigenvalue weighted by atomic mass is 10.0. The third-order valence-corrected chi connectivity index (χ3v) is 4.42. The lowest BCUT2D eigenvalue weighted by molar-refractivity contribution is -0.384. The standard InChI is InChI=1S/C16H12N2O3S/c17-10-13(11-19)16(22-15-4-2-1-3-5-15)12-6-8-14(9-7-12)18(20)21/h1-9,11,13,16H/t13-,16-/m1/s1. The molecule has 0 heterocycles. The molecule has 22 heavy (non-hydrogen) atoms. The summed E-state index contributed by atoms with van der Waals surface area (Å²) >= 11 is 1.39. The molecular weight excluding hydrogens is 300 g/mol. The van der Waals surface area contributed by atoms with Crippen molar-refractivity contribution in [3.63, 3.8) is 0 Å². The molecule has 110 valence electrons. The predicted octanol–water partition coefficient (Wildman–Crippen LogP) is 3.77.